The van der Waals surface area contributed by atoms with Gasteiger partial charge in [0.15, 0.2) is 11.5 Å². The van der Waals surface area contributed by atoms with Crippen molar-refractivity contribution < 1.29 is 29.3 Å². The molecule has 1 fully saturated rings. The van der Waals surface area contributed by atoms with Gasteiger partial charge in [0.2, 0.25) is 0 Å². The highest BCUT2D eigenvalue weighted by molar-refractivity contribution is 9.10. The minimum absolute atomic E-state index is 0.000703. The lowest BCUT2D eigenvalue weighted by Gasteiger charge is -2.26. The van der Waals surface area contributed by atoms with Crippen molar-refractivity contribution in [3.05, 3.63) is 62.6 Å². The molecule has 3 rings (SSSR count). The van der Waals surface area contributed by atoms with Crippen LogP contribution in [-0.4, -0.2) is 54.2 Å². The van der Waals surface area contributed by atoms with E-state index < -0.39 is 17.7 Å². The summed E-state index contributed by atoms with van der Waals surface area (Å²) in [5, 5.41) is 21.5. The largest absolute Gasteiger partial charge is 0.507 e. The fourth-order valence-corrected chi connectivity index (χ4v) is 4.34. The zero-order valence-electron chi connectivity index (χ0n) is 18.4. The molecule has 1 atom stereocenters. The van der Waals surface area contributed by atoms with E-state index in [9.17, 15) is 19.8 Å². The molecule has 2 aromatic rings. The van der Waals surface area contributed by atoms with Crippen LogP contribution in [0.15, 0.2) is 40.4 Å². The summed E-state index contributed by atoms with van der Waals surface area (Å²) in [7, 11) is 2.98. The second-order valence-electron chi connectivity index (χ2n) is 7.71. The Kier molecular flexibility index (Phi) is 7.26. The molecule has 0 aromatic heterocycles. The summed E-state index contributed by atoms with van der Waals surface area (Å²) >= 11 is 3.30. The molecule has 0 saturated carbocycles. The number of aryl methyl sites for hydroxylation is 2. The fourth-order valence-electron chi connectivity index (χ4n) is 3.88. The molecule has 1 amide bonds. The number of aliphatic hydroxyl groups is 1. The highest BCUT2D eigenvalue weighted by Crippen LogP contribution is 2.44. The highest BCUT2D eigenvalue weighted by Gasteiger charge is 2.46. The minimum Gasteiger partial charge on any atom is -0.507 e. The van der Waals surface area contributed by atoms with E-state index in [0.717, 1.165) is 11.1 Å². The van der Waals surface area contributed by atoms with Crippen LogP contribution in [0.2, 0.25) is 0 Å². The zero-order chi connectivity index (χ0) is 23.6. The summed E-state index contributed by atoms with van der Waals surface area (Å²) in [6.45, 7) is 4.39. The molecule has 1 saturated heterocycles. The number of Topliss-reactive ketones (excluding diaryl/α,β-unsaturated/α-hetero) is 1. The third-order valence-electron chi connectivity index (χ3n) is 5.52. The number of carbonyl (C=O) groups excluding carboxylic acids is 2. The van der Waals surface area contributed by atoms with Crippen molar-refractivity contribution >= 4 is 33.4 Å². The molecular formula is C24H26BrNO6. The number of carbonyl (C=O) groups is 2. The summed E-state index contributed by atoms with van der Waals surface area (Å²) in [4.78, 5) is 27.5. The minimum atomic E-state index is -0.849. The average molecular weight is 504 g/mol. The number of nitrogens with zero attached hydrogens (tertiary/aromatic N) is 1. The van der Waals surface area contributed by atoms with Crippen LogP contribution in [0.1, 0.15) is 34.7 Å². The molecule has 1 aliphatic rings. The molecular weight excluding hydrogens is 478 g/mol. The standard InChI is InChI=1S/C24H26BrNO6/c1-13-6-7-14(2)16(10-13)21(27)19-20(15-11-17(25)22(28)18(12-15)32-4)26(8-5-9-31-3)24(30)23(19)29/h6-7,10-12,20,27-28H,5,8-9H2,1-4H3. The number of methoxy groups -OCH3 is 2. The number of phenolic OH excluding ortho intramolecular Hbond substituents is 1. The number of rotatable bonds is 7. The maximum absolute atomic E-state index is 13.1. The number of ketones is 1. The molecule has 0 aliphatic carbocycles. The Hall–Kier alpha value is -2.84. The van der Waals surface area contributed by atoms with Crippen molar-refractivity contribution in [3.8, 4) is 11.5 Å². The van der Waals surface area contributed by atoms with Crippen LogP contribution in [0.3, 0.4) is 0 Å². The van der Waals surface area contributed by atoms with E-state index in [4.69, 9.17) is 9.47 Å². The van der Waals surface area contributed by atoms with E-state index in [1.807, 2.05) is 26.0 Å². The number of hydrogen-bond acceptors (Lipinski definition) is 6. The Morgan fingerprint density at radius 1 is 1.16 bits per heavy atom. The Morgan fingerprint density at radius 2 is 1.88 bits per heavy atom. The molecule has 8 heteroatoms. The predicted octanol–water partition coefficient (Wildman–Crippen LogP) is 4.24. The maximum Gasteiger partial charge on any atom is 0.295 e. The van der Waals surface area contributed by atoms with Gasteiger partial charge in [0.05, 0.1) is 23.2 Å². The third kappa shape index (κ3) is 4.38. The monoisotopic (exact) mass is 503 g/mol. The SMILES string of the molecule is COCCCN1C(=O)C(=O)C(=C(O)c2cc(C)ccc2C)C1c1cc(Br)c(O)c(OC)c1. The molecule has 0 radical (unpaired) electrons. The predicted molar refractivity (Wildman–Crippen MR) is 124 cm³/mol. The van der Waals surface area contributed by atoms with Gasteiger partial charge < -0.3 is 24.6 Å². The second kappa shape index (κ2) is 9.75. The topological polar surface area (TPSA) is 96.3 Å². The summed E-state index contributed by atoms with van der Waals surface area (Å²) in [6.07, 6.45) is 0.514. The number of aromatic hydroxyl groups is 1. The van der Waals surface area contributed by atoms with Gasteiger partial charge in [-0.15, -0.1) is 0 Å². The highest BCUT2D eigenvalue weighted by atomic mass is 79.9. The Labute approximate surface area is 195 Å². The van der Waals surface area contributed by atoms with Crippen LogP contribution in [0.5, 0.6) is 11.5 Å². The van der Waals surface area contributed by atoms with E-state index in [2.05, 4.69) is 15.9 Å². The van der Waals surface area contributed by atoms with Gasteiger partial charge in [0, 0.05) is 25.8 Å². The molecule has 32 heavy (non-hydrogen) atoms. The van der Waals surface area contributed by atoms with Gasteiger partial charge in [0.1, 0.15) is 5.76 Å². The van der Waals surface area contributed by atoms with Gasteiger partial charge in [-0.2, -0.15) is 0 Å². The smallest absolute Gasteiger partial charge is 0.295 e. The van der Waals surface area contributed by atoms with E-state index in [1.54, 1.807) is 25.3 Å². The van der Waals surface area contributed by atoms with Crippen LogP contribution in [0.4, 0.5) is 0 Å². The molecule has 1 unspecified atom stereocenters. The molecule has 1 heterocycles. The number of amides is 1. The van der Waals surface area contributed by atoms with Gasteiger partial charge in [-0.25, -0.2) is 0 Å². The molecule has 2 aromatic carbocycles. The van der Waals surface area contributed by atoms with Crippen LogP contribution in [0.25, 0.3) is 5.76 Å². The summed E-state index contributed by atoms with van der Waals surface area (Å²) in [6, 6.07) is 7.89. The van der Waals surface area contributed by atoms with Crippen molar-refractivity contribution in [1.29, 1.82) is 0 Å². The van der Waals surface area contributed by atoms with Crippen molar-refractivity contribution in [1.82, 2.24) is 4.90 Å². The molecule has 7 nitrogen and oxygen atoms in total. The number of hydrogen-bond donors (Lipinski definition) is 2. The summed E-state index contributed by atoms with van der Waals surface area (Å²) in [5.41, 5.74) is 2.71. The Morgan fingerprint density at radius 3 is 2.53 bits per heavy atom. The van der Waals surface area contributed by atoms with E-state index in [-0.39, 0.29) is 29.4 Å². The lowest BCUT2D eigenvalue weighted by molar-refractivity contribution is -0.140. The zero-order valence-corrected chi connectivity index (χ0v) is 20.0. The molecule has 170 valence electrons. The van der Waals surface area contributed by atoms with E-state index >= 15 is 0 Å². The van der Waals surface area contributed by atoms with Gasteiger partial charge in [-0.1, -0.05) is 17.7 Å². The average Bonchev–Trinajstić information content (AvgIpc) is 3.02. The molecule has 1 aliphatic heterocycles. The number of phenols is 1. The quantitative estimate of drug-likeness (QED) is 0.254. The first-order valence-electron chi connectivity index (χ1n) is 10.1. The van der Waals surface area contributed by atoms with Crippen molar-refractivity contribution in [3.63, 3.8) is 0 Å². The lowest BCUT2D eigenvalue weighted by Crippen LogP contribution is -2.31. The second-order valence-corrected chi connectivity index (χ2v) is 8.57. The van der Waals surface area contributed by atoms with Gasteiger partial charge in [0.25, 0.3) is 11.7 Å². The van der Waals surface area contributed by atoms with Crippen molar-refractivity contribution in [2.24, 2.45) is 0 Å². The van der Waals surface area contributed by atoms with Crippen LogP contribution >= 0.6 is 15.9 Å². The van der Waals surface area contributed by atoms with E-state index in [1.165, 1.54) is 12.0 Å². The molecule has 0 spiro atoms. The number of likely N-dealkylation sites (tertiary alicyclic amines) is 1. The number of halogens is 1. The Bertz CT molecular complexity index is 1090. The summed E-state index contributed by atoms with van der Waals surface area (Å²) in [5.74, 6) is -1.59. The van der Waals surface area contributed by atoms with E-state index in [0.29, 0.717) is 28.6 Å². The third-order valence-corrected chi connectivity index (χ3v) is 6.13. The van der Waals surface area contributed by atoms with Crippen LogP contribution < -0.4 is 4.74 Å². The first-order chi connectivity index (χ1) is 15.2. The number of benzene rings is 2. The van der Waals surface area contributed by atoms with Gasteiger partial charge in [-0.3, -0.25) is 9.59 Å². The molecule has 2 N–H and O–H groups in total. The van der Waals surface area contributed by atoms with Crippen LogP contribution in [0, 0.1) is 13.8 Å². The summed E-state index contributed by atoms with van der Waals surface area (Å²) < 4.78 is 10.7. The number of aliphatic hydroxyl groups excluding tert-OH is 1. The first-order valence-corrected chi connectivity index (χ1v) is 10.9. The first kappa shape index (κ1) is 23.8. The van der Waals surface area contributed by atoms with Crippen LogP contribution in [-0.2, 0) is 14.3 Å². The molecule has 0 bridgehead atoms. The fraction of sp³-hybridized carbons (Fsp3) is 0.333. The van der Waals surface area contributed by atoms with Crippen molar-refractivity contribution in [2.75, 3.05) is 27.4 Å². The van der Waals surface area contributed by atoms with Crippen molar-refractivity contribution in [2.45, 2.75) is 26.3 Å². The maximum atomic E-state index is 13.1. The lowest BCUT2D eigenvalue weighted by atomic mass is 9.93. The van der Waals surface area contributed by atoms with Gasteiger partial charge in [-0.05, 0) is 65.5 Å². The van der Waals surface area contributed by atoms with Gasteiger partial charge >= 0.3 is 0 Å². The normalized spacial score (nSPS) is 17.8. The Balaban J connectivity index is 2.24. The number of ether oxygens (including phenoxy) is 2.